The molecule has 1 N–H and O–H groups in total. The highest BCUT2D eigenvalue weighted by atomic mass is 79.9. The third kappa shape index (κ3) is 1.85. The molecule has 78 valence electrons. The van der Waals surface area contributed by atoms with Crippen LogP contribution in [0.1, 0.15) is 10.4 Å². The normalized spacial score (nSPS) is 15.3. The molecule has 5 nitrogen and oxygen atoms in total. The van der Waals surface area contributed by atoms with Gasteiger partial charge in [-0.15, -0.1) is 0 Å². The lowest BCUT2D eigenvalue weighted by atomic mass is 10.2. The van der Waals surface area contributed by atoms with E-state index >= 15 is 0 Å². The fraction of sp³-hybridized carbons (Fsp3) is 0.222. The number of nitrogens with one attached hydrogen (secondary N) is 1. The summed E-state index contributed by atoms with van der Waals surface area (Å²) < 4.78 is 0.453. The number of aromatic nitrogens is 1. The number of hydrogen-bond donors (Lipinski definition) is 1. The minimum absolute atomic E-state index is 0.329. The molecule has 1 fully saturated rings. The first kappa shape index (κ1) is 10.1. The molecule has 0 atom stereocenters. The van der Waals surface area contributed by atoms with E-state index in [4.69, 9.17) is 0 Å². The van der Waals surface area contributed by atoms with E-state index in [1.807, 2.05) is 0 Å². The maximum Gasteiger partial charge on any atom is 0.324 e. The molecule has 0 aliphatic carbocycles. The van der Waals surface area contributed by atoms with E-state index in [-0.39, 0.29) is 11.9 Å². The predicted octanol–water partition coefficient (Wildman–Crippen LogP) is 1.01. The summed E-state index contributed by atoms with van der Waals surface area (Å²) in [7, 11) is 0. The van der Waals surface area contributed by atoms with Crippen LogP contribution in [0.25, 0.3) is 0 Å². The highest BCUT2D eigenvalue weighted by molar-refractivity contribution is 9.10. The topological polar surface area (TPSA) is 62.3 Å². The zero-order chi connectivity index (χ0) is 10.8. The molecular weight excluding hydrogens is 262 g/mol. The van der Waals surface area contributed by atoms with Crippen LogP contribution < -0.4 is 5.32 Å². The largest absolute Gasteiger partial charge is 0.336 e. The smallest absolute Gasteiger partial charge is 0.324 e. The minimum atomic E-state index is -0.351. The fourth-order valence-corrected chi connectivity index (χ4v) is 1.78. The van der Waals surface area contributed by atoms with Gasteiger partial charge in [-0.1, -0.05) is 0 Å². The van der Waals surface area contributed by atoms with Crippen molar-refractivity contribution in [3.8, 4) is 0 Å². The van der Waals surface area contributed by atoms with Crippen molar-refractivity contribution in [1.82, 2.24) is 15.2 Å². The molecule has 1 aromatic rings. The molecule has 1 aliphatic heterocycles. The second-order valence-electron chi connectivity index (χ2n) is 3.03. The van der Waals surface area contributed by atoms with Gasteiger partial charge in [0.1, 0.15) is 4.60 Å². The van der Waals surface area contributed by atoms with E-state index < -0.39 is 0 Å². The minimum Gasteiger partial charge on any atom is -0.336 e. The number of hydrogen-bond acceptors (Lipinski definition) is 3. The lowest BCUT2D eigenvalue weighted by Gasteiger charge is -2.12. The number of rotatable bonds is 1. The van der Waals surface area contributed by atoms with Crippen LogP contribution in [-0.4, -0.2) is 34.9 Å². The third-order valence-corrected chi connectivity index (χ3v) is 2.72. The van der Waals surface area contributed by atoms with E-state index in [1.165, 1.54) is 4.90 Å². The number of imide groups is 1. The van der Waals surface area contributed by atoms with E-state index in [0.717, 1.165) is 0 Å². The molecule has 6 heteroatoms. The Labute approximate surface area is 94.6 Å². The first-order chi connectivity index (χ1) is 7.20. The van der Waals surface area contributed by atoms with E-state index in [9.17, 15) is 9.59 Å². The number of carbonyl (C=O) groups excluding carboxylic acids is 2. The Kier molecular flexibility index (Phi) is 2.68. The summed E-state index contributed by atoms with van der Waals surface area (Å²) in [5.74, 6) is -0.329. The maximum atomic E-state index is 11.9. The molecule has 0 aromatic carbocycles. The van der Waals surface area contributed by atoms with Crippen LogP contribution >= 0.6 is 15.9 Å². The molecule has 1 saturated heterocycles. The number of pyridine rings is 1. The van der Waals surface area contributed by atoms with Crippen molar-refractivity contribution in [3.63, 3.8) is 0 Å². The number of nitrogens with zero attached hydrogens (tertiary/aromatic N) is 2. The molecule has 1 aromatic heterocycles. The molecule has 3 amide bonds. The molecule has 0 radical (unpaired) electrons. The molecule has 0 saturated carbocycles. The fourth-order valence-electron chi connectivity index (χ4n) is 1.36. The lowest BCUT2D eigenvalue weighted by molar-refractivity contribution is 0.0828. The Morgan fingerprint density at radius 1 is 1.60 bits per heavy atom. The average Bonchev–Trinajstić information content (AvgIpc) is 2.64. The number of urea groups is 1. The number of carbonyl (C=O) groups is 2. The Hall–Kier alpha value is -1.43. The van der Waals surface area contributed by atoms with E-state index in [2.05, 4.69) is 26.2 Å². The van der Waals surface area contributed by atoms with Crippen LogP contribution in [0.5, 0.6) is 0 Å². The SMILES string of the molecule is O=C1NCCN1C(=O)c1cccnc1Br. The molecule has 2 heterocycles. The Morgan fingerprint density at radius 3 is 3.00 bits per heavy atom. The average molecular weight is 270 g/mol. The summed E-state index contributed by atoms with van der Waals surface area (Å²) in [6.07, 6.45) is 1.57. The highest BCUT2D eigenvalue weighted by Crippen LogP contribution is 2.15. The summed E-state index contributed by atoms with van der Waals surface area (Å²) in [5, 5.41) is 2.57. The van der Waals surface area contributed by atoms with Crippen LogP contribution in [0, 0.1) is 0 Å². The quantitative estimate of drug-likeness (QED) is 0.774. The molecule has 15 heavy (non-hydrogen) atoms. The van der Waals surface area contributed by atoms with Gasteiger partial charge < -0.3 is 5.32 Å². The van der Waals surface area contributed by atoms with Gasteiger partial charge in [0, 0.05) is 19.3 Å². The molecular formula is C9H8BrN3O2. The Bertz CT molecular complexity index is 422. The highest BCUT2D eigenvalue weighted by Gasteiger charge is 2.28. The Balaban J connectivity index is 2.28. The second-order valence-corrected chi connectivity index (χ2v) is 3.78. The van der Waals surface area contributed by atoms with Crippen LogP contribution in [0.3, 0.4) is 0 Å². The standard InChI is InChI=1S/C9H8BrN3O2/c10-7-6(2-1-3-11-7)8(14)13-5-4-12-9(13)15/h1-3H,4-5H2,(H,12,15). The van der Waals surface area contributed by atoms with Gasteiger partial charge in [0.2, 0.25) is 0 Å². The van der Waals surface area contributed by atoms with Crippen LogP contribution in [0.4, 0.5) is 4.79 Å². The van der Waals surface area contributed by atoms with Gasteiger partial charge >= 0.3 is 6.03 Å². The lowest BCUT2D eigenvalue weighted by Crippen LogP contribution is -2.34. The summed E-state index contributed by atoms with van der Waals surface area (Å²) in [6, 6.07) is 2.94. The van der Waals surface area contributed by atoms with Crippen LogP contribution in [-0.2, 0) is 0 Å². The van der Waals surface area contributed by atoms with Crippen molar-refractivity contribution in [2.45, 2.75) is 0 Å². The number of amides is 3. The van der Waals surface area contributed by atoms with Gasteiger partial charge in [-0.3, -0.25) is 9.69 Å². The summed E-state index contributed by atoms with van der Waals surface area (Å²) in [6.45, 7) is 0.904. The molecule has 1 aliphatic rings. The summed E-state index contributed by atoms with van der Waals surface area (Å²) in [4.78, 5) is 28.2. The Morgan fingerprint density at radius 2 is 2.40 bits per heavy atom. The van der Waals surface area contributed by atoms with Gasteiger partial charge in [-0.05, 0) is 28.1 Å². The van der Waals surface area contributed by atoms with Crippen LogP contribution in [0.15, 0.2) is 22.9 Å². The van der Waals surface area contributed by atoms with Crippen LogP contribution in [0.2, 0.25) is 0 Å². The maximum absolute atomic E-state index is 11.9. The van der Waals surface area contributed by atoms with Gasteiger partial charge in [0.25, 0.3) is 5.91 Å². The first-order valence-electron chi connectivity index (χ1n) is 4.40. The van der Waals surface area contributed by atoms with Crippen molar-refractivity contribution < 1.29 is 9.59 Å². The van der Waals surface area contributed by atoms with Gasteiger partial charge in [-0.2, -0.15) is 0 Å². The van der Waals surface area contributed by atoms with Crippen molar-refractivity contribution in [2.24, 2.45) is 0 Å². The summed E-state index contributed by atoms with van der Waals surface area (Å²) >= 11 is 3.17. The zero-order valence-electron chi connectivity index (χ0n) is 7.74. The van der Waals surface area contributed by atoms with Crippen molar-refractivity contribution in [2.75, 3.05) is 13.1 Å². The number of halogens is 1. The molecule has 0 spiro atoms. The van der Waals surface area contributed by atoms with Crippen molar-refractivity contribution >= 4 is 27.9 Å². The van der Waals surface area contributed by atoms with Gasteiger partial charge in [0.05, 0.1) is 5.56 Å². The predicted molar refractivity (Wildman–Crippen MR) is 56.4 cm³/mol. The molecule has 0 unspecified atom stereocenters. The van der Waals surface area contributed by atoms with Gasteiger partial charge in [0.15, 0.2) is 0 Å². The van der Waals surface area contributed by atoms with Crippen molar-refractivity contribution in [1.29, 1.82) is 0 Å². The molecule has 2 rings (SSSR count). The van der Waals surface area contributed by atoms with Gasteiger partial charge in [-0.25, -0.2) is 9.78 Å². The van der Waals surface area contributed by atoms with E-state index in [0.29, 0.717) is 23.3 Å². The van der Waals surface area contributed by atoms with Crippen molar-refractivity contribution in [3.05, 3.63) is 28.5 Å². The summed E-state index contributed by atoms with van der Waals surface area (Å²) in [5.41, 5.74) is 0.398. The molecule has 0 bridgehead atoms. The third-order valence-electron chi connectivity index (χ3n) is 2.09. The first-order valence-corrected chi connectivity index (χ1v) is 5.19. The van der Waals surface area contributed by atoms with E-state index in [1.54, 1.807) is 18.3 Å². The zero-order valence-corrected chi connectivity index (χ0v) is 9.32. The second kappa shape index (κ2) is 3.98. The monoisotopic (exact) mass is 269 g/mol.